The molecule has 0 aliphatic carbocycles. The summed E-state index contributed by atoms with van der Waals surface area (Å²) in [5, 5.41) is 5.06. The van der Waals surface area contributed by atoms with Gasteiger partial charge in [-0.15, -0.1) is 0 Å². The number of rotatable bonds is 13. The van der Waals surface area contributed by atoms with Crippen molar-refractivity contribution in [3.05, 3.63) is 35.9 Å². The maximum absolute atomic E-state index is 13.0. The zero-order valence-electron chi connectivity index (χ0n) is 23.0. The van der Waals surface area contributed by atoms with Gasteiger partial charge in [-0.05, 0) is 19.4 Å². The number of amides is 3. The number of benzene rings is 1. The second-order valence-corrected chi connectivity index (χ2v) is 11.0. The number of nitrogens with one attached hydrogen (secondary N) is 2. The van der Waals surface area contributed by atoms with Gasteiger partial charge >= 0.3 is 19.9 Å². The molecule has 1 heterocycles. The topological polar surface area (TPSA) is 159 Å². The van der Waals surface area contributed by atoms with Crippen molar-refractivity contribution in [1.82, 2.24) is 15.5 Å². The summed E-state index contributed by atoms with van der Waals surface area (Å²) in [4.78, 5) is 51.0. The van der Waals surface area contributed by atoms with E-state index in [1.54, 1.807) is 18.7 Å². The molecule has 2 rings (SSSR count). The van der Waals surface area contributed by atoms with Crippen molar-refractivity contribution >= 4 is 31.7 Å². The second kappa shape index (κ2) is 15.0. The van der Waals surface area contributed by atoms with E-state index in [2.05, 4.69) is 15.4 Å². The quantitative estimate of drug-likeness (QED) is 0.205. The number of hydrogen-bond acceptors (Lipinski definition) is 10. The Balaban J connectivity index is 1.96. The highest BCUT2D eigenvalue weighted by Gasteiger charge is 2.49. The molecular formula is C25H38N3O10P. The molecule has 1 aliphatic rings. The molecule has 0 radical (unpaired) electrons. The lowest BCUT2D eigenvalue weighted by Gasteiger charge is -2.39. The molecule has 0 saturated carbocycles. The number of phosphoric acid groups is 1. The van der Waals surface area contributed by atoms with Crippen molar-refractivity contribution in [2.75, 3.05) is 40.1 Å². The highest BCUT2D eigenvalue weighted by Crippen LogP contribution is 2.57. The maximum Gasteiger partial charge on any atom is 0.478 e. The standard InChI is InChI=1S/C25H38N3O10P/c1-6-28(7-2)23(31)19(15-18-11-9-8-10-12-18)27-24(32)35-17-37-39(33)36-16-25(3,4)21(38-39)22(30)26-14-13-20(29)34-5/h8-12,19,21H,6-7,13-17H2,1-5H3,(H,26,30)(H,27,32)/t19?,21-,39?/m0/s1. The molecule has 2 N–H and O–H groups in total. The molecule has 13 nitrogen and oxygen atoms in total. The number of carbonyl (C=O) groups is 4. The minimum absolute atomic E-state index is 0.00684. The molecule has 39 heavy (non-hydrogen) atoms. The van der Waals surface area contributed by atoms with Crippen molar-refractivity contribution in [3.8, 4) is 0 Å². The van der Waals surface area contributed by atoms with Crippen molar-refractivity contribution < 1.29 is 46.8 Å². The first-order chi connectivity index (χ1) is 18.4. The number of esters is 1. The molecule has 1 aliphatic heterocycles. The third-order valence-corrected chi connectivity index (χ3v) is 7.32. The minimum Gasteiger partial charge on any atom is -0.469 e. The van der Waals surface area contributed by atoms with Gasteiger partial charge < -0.3 is 25.0 Å². The van der Waals surface area contributed by atoms with Crippen LogP contribution in [0.4, 0.5) is 4.79 Å². The SMILES string of the molecule is CCN(CC)C(=O)C(Cc1ccccc1)NC(=O)OCOP1(=O)OCC(C)(C)[C@H](C(=O)NCCC(=O)OC)O1. The monoisotopic (exact) mass is 571 g/mol. The number of hydrogen-bond donors (Lipinski definition) is 2. The van der Waals surface area contributed by atoms with Crippen molar-refractivity contribution in [1.29, 1.82) is 0 Å². The summed E-state index contributed by atoms with van der Waals surface area (Å²) in [6.45, 7) is 6.97. The van der Waals surface area contributed by atoms with Crippen LogP contribution in [0.2, 0.25) is 0 Å². The smallest absolute Gasteiger partial charge is 0.469 e. The minimum atomic E-state index is -4.28. The van der Waals surface area contributed by atoms with Crippen molar-refractivity contribution in [2.45, 2.75) is 52.7 Å². The largest absolute Gasteiger partial charge is 0.478 e. The Kier molecular flexibility index (Phi) is 12.4. The van der Waals surface area contributed by atoms with E-state index < -0.39 is 50.1 Å². The predicted octanol–water partition coefficient (Wildman–Crippen LogP) is 2.40. The first-order valence-corrected chi connectivity index (χ1v) is 14.1. The van der Waals surface area contributed by atoms with Gasteiger partial charge in [0.2, 0.25) is 18.6 Å². The summed E-state index contributed by atoms with van der Waals surface area (Å²) < 4.78 is 38.3. The third-order valence-electron chi connectivity index (χ3n) is 5.98. The van der Waals surface area contributed by atoms with E-state index in [0.29, 0.717) is 13.1 Å². The lowest BCUT2D eigenvalue weighted by molar-refractivity contribution is -0.144. The summed E-state index contributed by atoms with van der Waals surface area (Å²) in [5.74, 6) is -1.40. The molecule has 1 fully saturated rings. The molecule has 14 heteroatoms. The van der Waals surface area contributed by atoms with Gasteiger partial charge in [-0.25, -0.2) is 13.9 Å². The fourth-order valence-electron chi connectivity index (χ4n) is 3.71. The van der Waals surface area contributed by atoms with Crippen LogP contribution >= 0.6 is 7.82 Å². The van der Waals surface area contributed by atoms with Gasteiger partial charge in [0.05, 0.1) is 20.1 Å². The first-order valence-electron chi connectivity index (χ1n) is 12.6. The van der Waals surface area contributed by atoms with Crippen LogP contribution in [0.25, 0.3) is 0 Å². The van der Waals surface area contributed by atoms with Crippen molar-refractivity contribution in [3.63, 3.8) is 0 Å². The lowest BCUT2D eigenvalue weighted by Crippen LogP contribution is -2.50. The molecule has 2 unspecified atom stereocenters. The van der Waals surface area contributed by atoms with E-state index in [4.69, 9.17) is 18.3 Å². The molecule has 1 aromatic rings. The van der Waals surface area contributed by atoms with Gasteiger partial charge in [0, 0.05) is 31.5 Å². The molecule has 0 bridgehead atoms. The first kappa shape index (κ1) is 32.2. The van der Waals surface area contributed by atoms with Crippen LogP contribution in [-0.2, 0) is 48.4 Å². The number of methoxy groups -OCH3 is 1. The summed E-state index contributed by atoms with van der Waals surface area (Å²) in [5.41, 5.74) is -0.0353. The van der Waals surface area contributed by atoms with Crippen LogP contribution in [0.1, 0.15) is 39.7 Å². The van der Waals surface area contributed by atoms with Gasteiger partial charge in [0.15, 0.2) is 6.10 Å². The Morgan fingerprint density at radius 1 is 1.15 bits per heavy atom. The number of carbonyl (C=O) groups excluding carboxylic acids is 4. The van der Waals surface area contributed by atoms with Crippen LogP contribution in [-0.4, -0.2) is 81.1 Å². The van der Waals surface area contributed by atoms with Crippen LogP contribution < -0.4 is 10.6 Å². The molecular weight excluding hydrogens is 533 g/mol. The average molecular weight is 572 g/mol. The second-order valence-electron chi connectivity index (χ2n) is 9.39. The van der Waals surface area contributed by atoms with E-state index in [-0.39, 0.29) is 31.9 Å². The van der Waals surface area contributed by atoms with Gasteiger partial charge in [0.1, 0.15) is 6.04 Å². The highest BCUT2D eigenvalue weighted by atomic mass is 31.2. The van der Waals surface area contributed by atoms with E-state index in [1.165, 1.54) is 7.11 Å². The summed E-state index contributed by atoms with van der Waals surface area (Å²) in [6, 6.07) is 8.28. The molecule has 0 aromatic heterocycles. The summed E-state index contributed by atoms with van der Waals surface area (Å²) in [7, 11) is -3.05. The van der Waals surface area contributed by atoms with Crippen LogP contribution in [0, 0.1) is 5.41 Å². The number of likely N-dealkylation sites (N-methyl/N-ethyl adjacent to an activating group) is 1. The van der Waals surface area contributed by atoms with Gasteiger partial charge in [-0.3, -0.25) is 23.4 Å². The Morgan fingerprint density at radius 2 is 1.82 bits per heavy atom. The predicted molar refractivity (Wildman–Crippen MR) is 139 cm³/mol. The maximum atomic E-state index is 13.0. The molecule has 218 valence electrons. The Morgan fingerprint density at radius 3 is 2.44 bits per heavy atom. The fraction of sp³-hybridized carbons (Fsp3) is 0.600. The third kappa shape index (κ3) is 9.92. The molecule has 1 saturated heterocycles. The zero-order chi connectivity index (χ0) is 29.1. The van der Waals surface area contributed by atoms with E-state index in [9.17, 15) is 23.7 Å². The summed E-state index contributed by atoms with van der Waals surface area (Å²) in [6.07, 6.45) is -2.02. The molecule has 3 atom stereocenters. The Bertz CT molecular complexity index is 1030. The van der Waals surface area contributed by atoms with Crippen molar-refractivity contribution in [2.24, 2.45) is 5.41 Å². The molecule has 1 aromatic carbocycles. The van der Waals surface area contributed by atoms with Crippen LogP contribution in [0.3, 0.4) is 0 Å². The van der Waals surface area contributed by atoms with Crippen LogP contribution in [0.15, 0.2) is 30.3 Å². The highest BCUT2D eigenvalue weighted by molar-refractivity contribution is 7.48. The van der Waals surface area contributed by atoms with Gasteiger partial charge in [-0.1, -0.05) is 44.2 Å². The van der Waals surface area contributed by atoms with E-state index in [1.807, 2.05) is 44.2 Å². The average Bonchev–Trinajstić information content (AvgIpc) is 2.91. The molecule has 3 amide bonds. The lowest BCUT2D eigenvalue weighted by atomic mass is 9.87. The van der Waals surface area contributed by atoms with Crippen LogP contribution in [0.5, 0.6) is 0 Å². The normalized spacial score (nSPS) is 20.8. The van der Waals surface area contributed by atoms with Gasteiger partial charge in [-0.2, -0.15) is 0 Å². The number of nitrogens with zero attached hydrogens (tertiary/aromatic N) is 1. The van der Waals surface area contributed by atoms with Gasteiger partial charge in [0.25, 0.3) is 0 Å². The fourth-order valence-corrected chi connectivity index (χ4v) is 5.22. The Labute approximate surface area is 228 Å². The van der Waals surface area contributed by atoms with E-state index >= 15 is 0 Å². The Hall–Kier alpha value is -2.99. The van der Waals surface area contributed by atoms with E-state index in [0.717, 1.165) is 5.56 Å². The summed E-state index contributed by atoms with van der Waals surface area (Å²) >= 11 is 0. The molecule has 0 spiro atoms. The number of phosphoric ester groups is 1. The zero-order valence-corrected chi connectivity index (χ0v) is 23.9. The number of ether oxygens (including phenoxy) is 2. The number of alkyl carbamates (subject to hydrolysis) is 1.